The smallest absolute Gasteiger partial charge is 0.253 e. The van der Waals surface area contributed by atoms with Gasteiger partial charge in [0.05, 0.1) is 12.2 Å². The maximum atomic E-state index is 12.5. The van der Waals surface area contributed by atoms with Crippen LogP contribution in [0.2, 0.25) is 0 Å². The van der Waals surface area contributed by atoms with Crippen LogP contribution in [-0.2, 0) is 9.53 Å². The van der Waals surface area contributed by atoms with Gasteiger partial charge in [-0.15, -0.1) is 0 Å². The van der Waals surface area contributed by atoms with Crippen LogP contribution in [0.1, 0.15) is 50.9 Å². The Morgan fingerprint density at radius 3 is 2.44 bits per heavy atom. The first-order chi connectivity index (χ1) is 12.5. The number of anilines is 2. The number of methoxy groups -OCH3 is 1. The quantitative estimate of drug-likeness (QED) is 0.646. The third kappa shape index (κ3) is 8.43. The van der Waals surface area contributed by atoms with Crippen LogP contribution >= 0.6 is 0 Å². The molecule has 0 aliphatic heterocycles. The SMILES string of the molecule is COCCNC(=O)c1cc(NC(=O)C[C@H](C)CC(C)(C)C)ccc1N(C)C. The Labute approximate surface area is 163 Å². The second kappa shape index (κ2) is 10.3. The average molecular weight is 378 g/mol. The minimum Gasteiger partial charge on any atom is -0.383 e. The lowest BCUT2D eigenvalue weighted by Gasteiger charge is -2.23. The number of nitrogens with zero attached hydrogens (tertiary/aromatic N) is 1. The van der Waals surface area contributed by atoms with E-state index in [0.29, 0.717) is 36.7 Å². The van der Waals surface area contributed by atoms with Gasteiger partial charge in [0.2, 0.25) is 5.91 Å². The highest BCUT2D eigenvalue weighted by molar-refractivity contribution is 6.02. The summed E-state index contributed by atoms with van der Waals surface area (Å²) in [5, 5.41) is 5.76. The fraction of sp³-hybridized carbons (Fsp3) is 0.619. The van der Waals surface area contributed by atoms with Crippen LogP contribution in [0.25, 0.3) is 0 Å². The Morgan fingerprint density at radius 1 is 1.22 bits per heavy atom. The summed E-state index contributed by atoms with van der Waals surface area (Å²) in [4.78, 5) is 26.8. The molecular formula is C21H35N3O3. The summed E-state index contributed by atoms with van der Waals surface area (Å²) >= 11 is 0. The molecule has 0 spiro atoms. The predicted octanol–water partition coefficient (Wildman–Crippen LogP) is 3.53. The molecule has 0 saturated heterocycles. The lowest BCUT2D eigenvalue weighted by Crippen LogP contribution is -2.29. The van der Waals surface area contributed by atoms with Crippen molar-refractivity contribution < 1.29 is 14.3 Å². The van der Waals surface area contributed by atoms with Crippen molar-refractivity contribution in [1.29, 1.82) is 0 Å². The van der Waals surface area contributed by atoms with Gasteiger partial charge in [0.1, 0.15) is 0 Å². The molecule has 1 rings (SSSR count). The second-order valence-corrected chi connectivity index (χ2v) is 8.50. The third-order valence-corrected chi connectivity index (χ3v) is 4.09. The van der Waals surface area contributed by atoms with Crippen molar-refractivity contribution >= 4 is 23.2 Å². The van der Waals surface area contributed by atoms with Gasteiger partial charge in [-0.3, -0.25) is 9.59 Å². The molecule has 1 aromatic carbocycles. The van der Waals surface area contributed by atoms with Crippen molar-refractivity contribution in [2.45, 2.75) is 40.5 Å². The number of rotatable bonds is 9. The third-order valence-electron chi connectivity index (χ3n) is 4.09. The Hall–Kier alpha value is -2.08. The Bertz CT molecular complexity index is 636. The molecule has 152 valence electrons. The summed E-state index contributed by atoms with van der Waals surface area (Å²) in [5.74, 6) is 0.0749. The molecular weight excluding hydrogens is 342 g/mol. The number of carbonyl (C=O) groups excluding carboxylic acids is 2. The number of ether oxygens (including phenoxy) is 1. The maximum Gasteiger partial charge on any atom is 0.253 e. The summed E-state index contributed by atoms with van der Waals surface area (Å²) in [6, 6.07) is 5.40. The summed E-state index contributed by atoms with van der Waals surface area (Å²) in [6.07, 6.45) is 1.44. The predicted molar refractivity (Wildman–Crippen MR) is 111 cm³/mol. The van der Waals surface area contributed by atoms with Crippen LogP contribution in [0.4, 0.5) is 11.4 Å². The normalized spacial score (nSPS) is 12.4. The molecule has 1 aromatic rings. The first-order valence-corrected chi connectivity index (χ1v) is 9.42. The van der Waals surface area contributed by atoms with Gasteiger partial charge in [0, 0.05) is 45.5 Å². The van der Waals surface area contributed by atoms with Gasteiger partial charge in [-0.05, 0) is 36.0 Å². The summed E-state index contributed by atoms with van der Waals surface area (Å²) in [6.45, 7) is 9.50. The number of nitrogens with one attached hydrogen (secondary N) is 2. The molecule has 2 amide bonds. The van der Waals surface area contributed by atoms with Crippen LogP contribution in [0.3, 0.4) is 0 Å². The van der Waals surface area contributed by atoms with Gasteiger partial charge < -0.3 is 20.3 Å². The molecule has 6 heteroatoms. The van der Waals surface area contributed by atoms with Gasteiger partial charge in [-0.2, -0.15) is 0 Å². The minimum atomic E-state index is -0.187. The zero-order chi connectivity index (χ0) is 20.6. The van der Waals surface area contributed by atoms with E-state index in [2.05, 4.69) is 38.3 Å². The number of amides is 2. The van der Waals surface area contributed by atoms with Gasteiger partial charge in [-0.1, -0.05) is 27.7 Å². The minimum absolute atomic E-state index is 0.0323. The van der Waals surface area contributed by atoms with E-state index < -0.39 is 0 Å². The van der Waals surface area contributed by atoms with Crippen LogP contribution in [0, 0.1) is 11.3 Å². The molecule has 0 heterocycles. The van der Waals surface area contributed by atoms with Crippen molar-refractivity contribution in [1.82, 2.24) is 5.32 Å². The molecule has 0 saturated carbocycles. The fourth-order valence-electron chi connectivity index (χ4n) is 3.19. The van der Waals surface area contributed by atoms with Crippen LogP contribution < -0.4 is 15.5 Å². The van der Waals surface area contributed by atoms with Gasteiger partial charge >= 0.3 is 0 Å². The van der Waals surface area contributed by atoms with E-state index in [1.54, 1.807) is 13.2 Å². The van der Waals surface area contributed by atoms with Gasteiger partial charge in [0.25, 0.3) is 5.91 Å². The van der Waals surface area contributed by atoms with E-state index >= 15 is 0 Å². The molecule has 0 aromatic heterocycles. The van der Waals surface area contributed by atoms with Crippen molar-refractivity contribution in [2.24, 2.45) is 11.3 Å². The van der Waals surface area contributed by atoms with Crippen molar-refractivity contribution in [3.63, 3.8) is 0 Å². The highest BCUT2D eigenvalue weighted by Gasteiger charge is 2.19. The first-order valence-electron chi connectivity index (χ1n) is 9.42. The van der Waals surface area contributed by atoms with E-state index in [4.69, 9.17) is 4.74 Å². The molecule has 0 bridgehead atoms. The standard InChI is InChI=1S/C21H35N3O3/c1-15(14-21(2,3)4)12-19(25)23-16-8-9-18(24(5)6)17(13-16)20(26)22-10-11-27-7/h8-9,13,15H,10-12,14H2,1-7H3,(H,22,26)(H,23,25)/t15-/m0/s1. The topological polar surface area (TPSA) is 70.7 Å². The van der Waals surface area contributed by atoms with Gasteiger partial charge in [-0.25, -0.2) is 0 Å². The Morgan fingerprint density at radius 2 is 1.89 bits per heavy atom. The lowest BCUT2D eigenvalue weighted by molar-refractivity contribution is -0.117. The zero-order valence-corrected chi connectivity index (χ0v) is 17.8. The zero-order valence-electron chi connectivity index (χ0n) is 17.8. The van der Waals surface area contributed by atoms with E-state index in [0.717, 1.165) is 12.1 Å². The Balaban J connectivity index is 2.85. The molecule has 0 radical (unpaired) electrons. The molecule has 0 unspecified atom stereocenters. The lowest BCUT2D eigenvalue weighted by atomic mass is 9.84. The summed E-state index contributed by atoms with van der Waals surface area (Å²) in [5.41, 5.74) is 2.15. The van der Waals surface area contributed by atoms with E-state index in [-0.39, 0.29) is 17.2 Å². The van der Waals surface area contributed by atoms with Crippen molar-refractivity contribution in [2.75, 3.05) is 44.6 Å². The number of hydrogen-bond donors (Lipinski definition) is 2. The van der Waals surface area contributed by atoms with Crippen LogP contribution in [-0.4, -0.2) is 46.2 Å². The first kappa shape index (κ1) is 23.0. The molecule has 6 nitrogen and oxygen atoms in total. The maximum absolute atomic E-state index is 12.5. The largest absolute Gasteiger partial charge is 0.383 e. The molecule has 0 aliphatic rings. The Kier molecular flexibility index (Phi) is 8.76. The van der Waals surface area contributed by atoms with Crippen LogP contribution in [0.5, 0.6) is 0 Å². The summed E-state index contributed by atoms with van der Waals surface area (Å²) < 4.78 is 4.97. The molecule has 27 heavy (non-hydrogen) atoms. The summed E-state index contributed by atoms with van der Waals surface area (Å²) in [7, 11) is 5.36. The molecule has 0 aliphatic carbocycles. The molecule has 0 fully saturated rings. The number of benzene rings is 1. The monoisotopic (exact) mass is 377 g/mol. The second-order valence-electron chi connectivity index (χ2n) is 8.50. The van der Waals surface area contributed by atoms with Gasteiger partial charge in [0.15, 0.2) is 0 Å². The fourth-order valence-corrected chi connectivity index (χ4v) is 3.19. The highest BCUT2D eigenvalue weighted by atomic mass is 16.5. The van der Waals surface area contributed by atoms with E-state index in [1.807, 2.05) is 31.1 Å². The highest BCUT2D eigenvalue weighted by Crippen LogP contribution is 2.27. The molecule has 2 N–H and O–H groups in total. The van der Waals surface area contributed by atoms with Crippen molar-refractivity contribution in [3.8, 4) is 0 Å². The van der Waals surface area contributed by atoms with E-state index in [9.17, 15) is 9.59 Å². The number of hydrogen-bond acceptors (Lipinski definition) is 4. The number of carbonyl (C=O) groups is 2. The van der Waals surface area contributed by atoms with Crippen molar-refractivity contribution in [3.05, 3.63) is 23.8 Å². The van der Waals surface area contributed by atoms with E-state index in [1.165, 1.54) is 0 Å². The average Bonchev–Trinajstić information content (AvgIpc) is 2.52. The molecule has 1 atom stereocenters. The van der Waals surface area contributed by atoms with Crippen LogP contribution in [0.15, 0.2) is 18.2 Å².